The summed E-state index contributed by atoms with van der Waals surface area (Å²) in [5, 5.41) is 8.69. The molecule has 0 aliphatic carbocycles. The molecule has 0 bridgehead atoms. The number of rotatable bonds is 5. The van der Waals surface area contributed by atoms with Crippen molar-refractivity contribution in [2.45, 2.75) is 46.0 Å². The molecule has 3 nitrogen and oxygen atoms in total. The Morgan fingerprint density at radius 2 is 2.18 bits per heavy atom. The van der Waals surface area contributed by atoms with Gasteiger partial charge in [0.1, 0.15) is 0 Å². The molecule has 98 valence electrons. The minimum absolute atomic E-state index is 0.811. The molecule has 1 fully saturated rings. The first-order valence-electron chi connectivity index (χ1n) is 6.74. The molecule has 17 heavy (non-hydrogen) atoms. The van der Waals surface area contributed by atoms with Gasteiger partial charge in [0.15, 0.2) is 0 Å². The molecule has 1 aliphatic rings. The first-order chi connectivity index (χ1) is 8.11. The van der Waals surface area contributed by atoms with Gasteiger partial charge in [-0.3, -0.25) is 4.90 Å². The van der Waals surface area contributed by atoms with Gasteiger partial charge in [-0.15, -0.1) is 0 Å². The molecule has 0 amide bonds. The van der Waals surface area contributed by atoms with Gasteiger partial charge in [-0.2, -0.15) is 0 Å². The average molecular weight is 239 g/mol. The van der Waals surface area contributed by atoms with Crippen molar-refractivity contribution < 1.29 is 9.90 Å². The summed E-state index contributed by atoms with van der Waals surface area (Å²) >= 11 is 0. The molecule has 0 aromatic carbocycles. The van der Waals surface area contributed by atoms with Crippen molar-refractivity contribution in [1.29, 1.82) is 0 Å². The number of carbonyl (C=O) groups is 1. The van der Waals surface area contributed by atoms with Crippen LogP contribution in [0, 0.1) is 5.92 Å². The highest BCUT2D eigenvalue weighted by Gasteiger charge is 2.16. The van der Waals surface area contributed by atoms with Crippen molar-refractivity contribution >= 4 is 5.97 Å². The third kappa shape index (κ3) is 5.87. The highest BCUT2D eigenvalue weighted by atomic mass is 16.4. The van der Waals surface area contributed by atoms with Gasteiger partial charge in [-0.05, 0) is 45.2 Å². The molecule has 1 rings (SSSR count). The first-order valence-corrected chi connectivity index (χ1v) is 6.74. The number of likely N-dealkylation sites (tertiary alicyclic amines) is 1. The summed E-state index contributed by atoms with van der Waals surface area (Å²) in [6.07, 6.45) is 7.82. The van der Waals surface area contributed by atoms with Crippen molar-refractivity contribution in [2.24, 2.45) is 5.92 Å². The molecule has 1 heterocycles. The summed E-state index contributed by atoms with van der Waals surface area (Å²) in [6.45, 7) is 7.20. The maximum Gasteiger partial charge on any atom is 0.328 e. The lowest BCUT2D eigenvalue weighted by atomic mass is 9.96. The van der Waals surface area contributed by atoms with Crippen molar-refractivity contribution in [3.05, 3.63) is 11.6 Å². The largest absolute Gasteiger partial charge is 0.478 e. The predicted molar refractivity (Wildman–Crippen MR) is 70.1 cm³/mol. The summed E-state index contributed by atoms with van der Waals surface area (Å²) in [5.41, 5.74) is 0.950. The van der Waals surface area contributed by atoms with Gasteiger partial charge < -0.3 is 5.11 Å². The Morgan fingerprint density at radius 3 is 2.82 bits per heavy atom. The van der Waals surface area contributed by atoms with Crippen LogP contribution in [0.2, 0.25) is 0 Å². The molecule has 0 aromatic rings. The SMILES string of the molecule is CCCC1CCCN(CC(C)=CC(=O)O)CC1. The molecule has 1 N–H and O–H groups in total. The monoisotopic (exact) mass is 239 g/mol. The molecule has 1 saturated heterocycles. The second-order valence-electron chi connectivity index (χ2n) is 5.19. The lowest BCUT2D eigenvalue weighted by molar-refractivity contribution is -0.131. The molecule has 1 unspecified atom stereocenters. The van der Waals surface area contributed by atoms with E-state index < -0.39 is 5.97 Å². The molecule has 3 heteroatoms. The summed E-state index contributed by atoms with van der Waals surface area (Å²) in [7, 11) is 0. The van der Waals surface area contributed by atoms with E-state index in [1.807, 2.05) is 6.92 Å². The maximum absolute atomic E-state index is 10.6. The quantitative estimate of drug-likeness (QED) is 0.750. The van der Waals surface area contributed by atoms with Crippen LogP contribution in [0.3, 0.4) is 0 Å². The molecule has 0 aromatic heterocycles. The van der Waals surface area contributed by atoms with E-state index in [2.05, 4.69) is 11.8 Å². The third-order valence-corrected chi connectivity index (χ3v) is 3.48. The molecular weight excluding hydrogens is 214 g/mol. The fraction of sp³-hybridized carbons (Fsp3) is 0.786. The van der Waals surface area contributed by atoms with Crippen LogP contribution in [0.15, 0.2) is 11.6 Å². The third-order valence-electron chi connectivity index (χ3n) is 3.48. The molecule has 0 radical (unpaired) electrons. The number of carboxylic acid groups (broad SMARTS) is 1. The van der Waals surface area contributed by atoms with E-state index in [-0.39, 0.29) is 0 Å². The summed E-state index contributed by atoms with van der Waals surface area (Å²) in [5.74, 6) is 0.0509. The second kappa shape index (κ2) is 7.49. The van der Waals surface area contributed by atoms with Crippen molar-refractivity contribution in [3.63, 3.8) is 0 Å². The number of carboxylic acids is 1. The Morgan fingerprint density at radius 1 is 1.41 bits per heavy atom. The first kappa shape index (κ1) is 14.2. The van der Waals surface area contributed by atoms with E-state index >= 15 is 0 Å². The second-order valence-corrected chi connectivity index (χ2v) is 5.19. The standard InChI is InChI=1S/C14H25NO2/c1-3-5-13-6-4-8-15(9-7-13)11-12(2)10-14(16)17/h10,13H,3-9,11H2,1-2H3,(H,16,17). The Kier molecular flexibility index (Phi) is 6.27. The zero-order chi connectivity index (χ0) is 12.7. The van der Waals surface area contributed by atoms with E-state index in [1.165, 1.54) is 38.2 Å². The smallest absolute Gasteiger partial charge is 0.328 e. The van der Waals surface area contributed by atoms with Crippen LogP contribution >= 0.6 is 0 Å². The highest BCUT2D eigenvalue weighted by molar-refractivity contribution is 5.80. The van der Waals surface area contributed by atoms with E-state index in [4.69, 9.17) is 5.11 Å². The summed E-state index contributed by atoms with van der Waals surface area (Å²) in [6, 6.07) is 0. The fourth-order valence-electron chi connectivity index (χ4n) is 2.69. The van der Waals surface area contributed by atoms with Crippen LogP contribution in [-0.4, -0.2) is 35.6 Å². The molecule has 1 atom stereocenters. The zero-order valence-electron chi connectivity index (χ0n) is 11.1. The lowest BCUT2D eigenvalue weighted by Crippen LogP contribution is -2.26. The minimum atomic E-state index is -0.832. The lowest BCUT2D eigenvalue weighted by Gasteiger charge is -2.20. The van der Waals surface area contributed by atoms with Crippen LogP contribution in [0.25, 0.3) is 0 Å². The molecular formula is C14H25NO2. The summed E-state index contributed by atoms with van der Waals surface area (Å²) in [4.78, 5) is 13.0. The number of hydrogen-bond acceptors (Lipinski definition) is 2. The van der Waals surface area contributed by atoms with Gasteiger partial charge >= 0.3 is 5.97 Å². The Labute approximate surface area is 105 Å². The molecule has 1 aliphatic heterocycles. The number of hydrogen-bond donors (Lipinski definition) is 1. The van der Waals surface area contributed by atoms with Gasteiger partial charge in [-0.1, -0.05) is 25.3 Å². The van der Waals surface area contributed by atoms with E-state index in [0.717, 1.165) is 31.1 Å². The van der Waals surface area contributed by atoms with Crippen LogP contribution in [0.5, 0.6) is 0 Å². The Balaban J connectivity index is 2.38. The van der Waals surface area contributed by atoms with E-state index in [1.54, 1.807) is 0 Å². The number of nitrogens with zero attached hydrogens (tertiary/aromatic N) is 1. The molecule has 0 spiro atoms. The average Bonchev–Trinajstić information content (AvgIpc) is 2.43. The van der Waals surface area contributed by atoms with Gasteiger partial charge in [0, 0.05) is 12.6 Å². The highest BCUT2D eigenvalue weighted by Crippen LogP contribution is 2.22. The Bertz CT molecular complexity index is 273. The number of aliphatic carboxylic acids is 1. The molecule has 0 saturated carbocycles. The van der Waals surface area contributed by atoms with Crippen LogP contribution in [-0.2, 0) is 4.79 Å². The van der Waals surface area contributed by atoms with Crippen molar-refractivity contribution in [3.8, 4) is 0 Å². The minimum Gasteiger partial charge on any atom is -0.478 e. The predicted octanol–water partition coefficient (Wildman–Crippen LogP) is 2.92. The normalized spacial score (nSPS) is 23.4. The van der Waals surface area contributed by atoms with E-state index in [0.29, 0.717) is 0 Å². The van der Waals surface area contributed by atoms with E-state index in [9.17, 15) is 4.79 Å². The van der Waals surface area contributed by atoms with Crippen LogP contribution in [0.1, 0.15) is 46.0 Å². The van der Waals surface area contributed by atoms with Crippen molar-refractivity contribution in [2.75, 3.05) is 19.6 Å². The van der Waals surface area contributed by atoms with Crippen molar-refractivity contribution in [1.82, 2.24) is 4.90 Å². The maximum atomic E-state index is 10.6. The van der Waals surface area contributed by atoms with Crippen LogP contribution in [0.4, 0.5) is 0 Å². The van der Waals surface area contributed by atoms with Gasteiger partial charge in [-0.25, -0.2) is 4.79 Å². The van der Waals surface area contributed by atoms with Gasteiger partial charge in [0.2, 0.25) is 0 Å². The zero-order valence-corrected chi connectivity index (χ0v) is 11.1. The van der Waals surface area contributed by atoms with Crippen LogP contribution < -0.4 is 0 Å². The topological polar surface area (TPSA) is 40.5 Å². The van der Waals surface area contributed by atoms with Gasteiger partial charge in [0.25, 0.3) is 0 Å². The van der Waals surface area contributed by atoms with Gasteiger partial charge in [0.05, 0.1) is 0 Å². The Hall–Kier alpha value is -0.830. The fourth-order valence-corrected chi connectivity index (χ4v) is 2.69. The summed E-state index contributed by atoms with van der Waals surface area (Å²) < 4.78 is 0.